The topological polar surface area (TPSA) is 71.3 Å². The monoisotopic (exact) mass is 280 g/mol. The summed E-state index contributed by atoms with van der Waals surface area (Å²) in [5.74, 6) is 1.35. The van der Waals surface area contributed by atoms with Gasteiger partial charge in [0.25, 0.3) is 0 Å². The lowest BCUT2D eigenvalue weighted by atomic mass is 10.3. The maximum absolute atomic E-state index is 12.0. The molecule has 0 spiro atoms. The van der Waals surface area contributed by atoms with Crippen molar-refractivity contribution in [1.29, 1.82) is 0 Å². The number of rotatable bonds is 5. The van der Waals surface area contributed by atoms with Crippen LogP contribution in [0.4, 0.5) is 5.69 Å². The molecule has 1 heterocycles. The number of aryl methyl sites for hydroxylation is 1. The lowest BCUT2D eigenvalue weighted by Crippen LogP contribution is -2.22. The van der Waals surface area contributed by atoms with Crippen molar-refractivity contribution >= 4 is 15.7 Å². The molecule has 0 aliphatic heterocycles. The molecule has 19 heavy (non-hydrogen) atoms. The van der Waals surface area contributed by atoms with E-state index in [-0.39, 0.29) is 11.4 Å². The number of sulfonamides is 1. The number of hydrogen-bond donors (Lipinski definition) is 2. The van der Waals surface area contributed by atoms with E-state index >= 15 is 0 Å². The van der Waals surface area contributed by atoms with Gasteiger partial charge in [0.1, 0.15) is 11.5 Å². The molecule has 2 aromatic rings. The van der Waals surface area contributed by atoms with Gasteiger partial charge in [-0.3, -0.25) is 0 Å². The Morgan fingerprint density at radius 2 is 1.79 bits per heavy atom. The van der Waals surface area contributed by atoms with Gasteiger partial charge in [-0.2, -0.15) is 0 Å². The number of furan rings is 1. The number of nitrogens with one attached hydrogen (secondary N) is 2. The standard InChI is InChI=1S/C13H16N2O3S/c1-10-3-6-12(18-10)9-15-19(16,17)13-7-4-11(14-2)5-8-13/h3-8,14-15H,9H2,1-2H3. The van der Waals surface area contributed by atoms with E-state index in [0.717, 1.165) is 11.4 Å². The van der Waals surface area contributed by atoms with Crippen molar-refractivity contribution in [3.05, 3.63) is 47.9 Å². The third-order valence-corrected chi connectivity index (χ3v) is 4.10. The lowest BCUT2D eigenvalue weighted by Gasteiger charge is -2.06. The Bertz CT molecular complexity index is 645. The molecule has 1 aromatic heterocycles. The molecular weight excluding hydrogens is 264 g/mol. The SMILES string of the molecule is CNc1ccc(S(=O)(=O)NCc2ccc(C)o2)cc1. The van der Waals surface area contributed by atoms with E-state index in [1.54, 1.807) is 43.4 Å². The molecule has 1 aromatic carbocycles. The highest BCUT2D eigenvalue weighted by molar-refractivity contribution is 7.89. The fourth-order valence-corrected chi connectivity index (χ4v) is 2.62. The van der Waals surface area contributed by atoms with Gasteiger partial charge < -0.3 is 9.73 Å². The minimum Gasteiger partial charge on any atom is -0.465 e. The van der Waals surface area contributed by atoms with Gasteiger partial charge in [-0.15, -0.1) is 0 Å². The van der Waals surface area contributed by atoms with Crippen LogP contribution in [0.5, 0.6) is 0 Å². The predicted molar refractivity (Wildman–Crippen MR) is 73.5 cm³/mol. The summed E-state index contributed by atoms with van der Waals surface area (Å²) in [5.41, 5.74) is 0.862. The molecule has 0 fully saturated rings. The fraction of sp³-hybridized carbons (Fsp3) is 0.231. The van der Waals surface area contributed by atoms with Crippen molar-refractivity contribution in [1.82, 2.24) is 4.72 Å². The zero-order valence-electron chi connectivity index (χ0n) is 10.8. The zero-order chi connectivity index (χ0) is 13.9. The van der Waals surface area contributed by atoms with Gasteiger partial charge in [0.2, 0.25) is 10.0 Å². The Morgan fingerprint density at radius 3 is 2.32 bits per heavy atom. The Morgan fingerprint density at radius 1 is 1.11 bits per heavy atom. The van der Waals surface area contributed by atoms with Crippen molar-refractivity contribution in [2.75, 3.05) is 12.4 Å². The normalized spacial score (nSPS) is 11.5. The summed E-state index contributed by atoms with van der Waals surface area (Å²) in [6.07, 6.45) is 0. The van der Waals surface area contributed by atoms with Gasteiger partial charge in [-0.25, -0.2) is 13.1 Å². The first-order valence-electron chi connectivity index (χ1n) is 5.84. The second-order valence-corrected chi connectivity index (χ2v) is 5.88. The summed E-state index contributed by atoms with van der Waals surface area (Å²) < 4.78 is 31.9. The van der Waals surface area contributed by atoms with E-state index in [9.17, 15) is 8.42 Å². The highest BCUT2D eigenvalue weighted by Crippen LogP contribution is 2.14. The summed E-state index contributed by atoms with van der Waals surface area (Å²) >= 11 is 0. The largest absolute Gasteiger partial charge is 0.465 e. The molecular formula is C13H16N2O3S. The van der Waals surface area contributed by atoms with Gasteiger partial charge in [-0.1, -0.05) is 0 Å². The van der Waals surface area contributed by atoms with E-state index in [1.807, 2.05) is 6.92 Å². The van der Waals surface area contributed by atoms with Gasteiger partial charge in [-0.05, 0) is 43.3 Å². The average Bonchev–Trinajstić information content (AvgIpc) is 2.82. The molecule has 5 nitrogen and oxygen atoms in total. The first-order valence-corrected chi connectivity index (χ1v) is 7.32. The number of anilines is 1. The van der Waals surface area contributed by atoms with Crippen LogP contribution in [0.3, 0.4) is 0 Å². The molecule has 0 bridgehead atoms. The van der Waals surface area contributed by atoms with Crippen molar-refractivity contribution < 1.29 is 12.8 Å². The second-order valence-electron chi connectivity index (χ2n) is 4.11. The predicted octanol–water partition coefficient (Wildman–Crippen LogP) is 2.11. The summed E-state index contributed by atoms with van der Waals surface area (Å²) in [6.45, 7) is 1.96. The van der Waals surface area contributed by atoms with Crippen LogP contribution >= 0.6 is 0 Å². The van der Waals surface area contributed by atoms with Crippen molar-refractivity contribution in [2.45, 2.75) is 18.4 Å². The Balaban J connectivity index is 2.09. The molecule has 0 radical (unpaired) electrons. The Hall–Kier alpha value is -1.79. The van der Waals surface area contributed by atoms with E-state index in [2.05, 4.69) is 10.0 Å². The zero-order valence-corrected chi connectivity index (χ0v) is 11.6. The molecule has 0 atom stereocenters. The summed E-state index contributed by atoms with van der Waals surface area (Å²) in [7, 11) is -1.73. The van der Waals surface area contributed by atoms with E-state index in [4.69, 9.17) is 4.42 Å². The third kappa shape index (κ3) is 3.36. The third-order valence-electron chi connectivity index (χ3n) is 2.69. The minimum absolute atomic E-state index is 0.143. The molecule has 102 valence electrons. The van der Waals surface area contributed by atoms with Gasteiger partial charge in [0, 0.05) is 12.7 Å². The summed E-state index contributed by atoms with van der Waals surface area (Å²) in [4.78, 5) is 0.231. The van der Waals surface area contributed by atoms with Crippen LogP contribution in [0.1, 0.15) is 11.5 Å². The first-order chi connectivity index (χ1) is 9.01. The van der Waals surface area contributed by atoms with Crippen LogP contribution in [0.25, 0.3) is 0 Å². The molecule has 2 rings (SSSR count). The van der Waals surface area contributed by atoms with E-state index in [1.165, 1.54) is 0 Å². The molecule has 6 heteroatoms. The molecule has 0 aliphatic rings. The van der Waals surface area contributed by atoms with Gasteiger partial charge in [0.15, 0.2) is 0 Å². The Labute approximate surface area is 112 Å². The Kier molecular flexibility index (Phi) is 3.92. The van der Waals surface area contributed by atoms with Crippen LogP contribution in [-0.4, -0.2) is 15.5 Å². The lowest BCUT2D eigenvalue weighted by molar-refractivity contribution is 0.475. The second kappa shape index (κ2) is 5.46. The van der Waals surface area contributed by atoms with Crippen molar-refractivity contribution in [3.63, 3.8) is 0 Å². The molecule has 0 amide bonds. The number of benzene rings is 1. The molecule has 0 aliphatic carbocycles. The molecule has 2 N–H and O–H groups in total. The minimum atomic E-state index is -3.51. The van der Waals surface area contributed by atoms with Gasteiger partial charge >= 0.3 is 0 Å². The van der Waals surface area contributed by atoms with Crippen LogP contribution in [0.15, 0.2) is 45.7 Å². The van der Waals surface area contributed by atoms with Crippen molar-refractivity contribution in [3.8, 4) is 0 Å². The maximum atomic E-state index is 12.0. The van der Waals surface area contributed by atoms with Crippen molar-refractivity contribution in [2.24, 2.45) is 0 Å². The highest BCUT2D eigenvalue weighted by Gasteiger charge is 2.14. The maximum Gasteiger partial charge on any atom is 0.240 e. The summed E-state index contributed by atoms with van der Waals surface area (Å²) in [5, 5.41) is 2.94. The average molecular weight is 280 g/mol. The molecule has 0 saturated carbocycles. The summed E-state index contributed by atoms with van der Waals surface area (Å²) in [6, 6.07) is 10.1. The molecule has 0 saturated heterocycles. The van der Waals surface area contributed by atoms with Crippen LogP contribution in [-0.2, 0) is 16.6 Å². The highest BCUT2D eigenvalue weighted by atomic mass is 32.2. The van der Waals surface area contributed by atoms with Crippen LogP contribution in [0, 0.1) is 6.92 Å². The van der Waals surface area contributed by atoms with E-state index in [0.29, 0.717) is 5.76 Å². The van der Waals surface area contributed by atoms with Gasteiger partial charge in [0.05, 0.1) is 11.4 Å². The van der Waals surface area contributed by atoms with Crippen LogP contribution < -0.4 is 10.0 Å². The smallest absolute Gasteiger partial charge is 0.240 e. The first kappa shape index (κ1) is 13.6. The fourth-order valence-electron chi connectivity index (χ4n) is 1.63. The molecule has 0 unspecified atom stereocenters. The quantitative estimate of drug-likeness (QED) is 0.880. The number of hydrogen-bond acceptors (Lipinski definition) is 4. The van der Waals surface area contributed by atoms with Crippen LogP contribution in [0.2, 0.25) is 0 Å². The van der Waals surface area contributed by atoms with E-state index < -0.39 is 10.0 Å².